The van der Waals surface area contributed by atoms with E-state index in [2.05, 4.69) is 40.0 Å². The number of rotatable bonds is 8. The van der Waals surface area contributed by atoms with Crippen LogP contribution < -0.4 is 20.7 Å². The van der Waals surface area contributed by atoms with Gasteiger partial charge in [0, 0.05) is 32.1 Å². The molecule has 1 rings (SSSR count). The summed E-state index contributed by atoms with van der Waals surface area (Å²) >= 11 is 0. The van der Waals surface area contributed by atoms with E-state index < -0.39 is 0 Å². The van der Waals surface area contributed by atoms with Gasteiger partial charge >= 0.3 is 0 Å². The highest BCUT2D eigenvalue weighted by Crippen LogP contribution is 2.21. The number of carbonyl (C=O) groups is 1. The second kappa shape index (κ2) is 12.8. The lowest BCUT2D eigenvalue weighted by molar-refractivity contribution is -0.128. The Hall–Kier alpha value is -1.51. The molecule has 0 aliphatic carbocycles. The molecular formula is C20H35IN4O2. The molecule has 0 heterocycles. The molecular weight excluding hydrogens is 455 g/mol. The van der Waals surface area contributed by atoms with Crippen LogP contribution in [-0.2, 0) is 4.79 Å². The third-order valence-corrected chi connectivity index (χ3v) is 4.16. The average Bonchev–Trinajstić information content (AvgIpc) is 2.62. The number of hydrogen-bond donors (Lipinski definition) is 3. The van der Waals surface area contributed by atoms with Crippen molar-refractivity contribution in [1.82, 2.24) is 16.0 Å². The smallest absolute Gasteiger partial charge is 0.225 e. The van der Waals surface area contributed by atoms with Crippen LogP contribution in [0.15, 0.2) is 29.3 Å². The molecule has 0 fully saturated rings. The standard InChI is InChI=1S/C20H34N4O2.HI/c1-15(16-7-9-17(26-6)10-8-16)11-12-23-19(21-5)24-14-13-22-18(25)20(2,3)4;/h7-10,15H,11-14H2,1-6H3,(H,22,25)(H2,21,23,24);1H. The van der Waals surface area contributed by atoms with Crippen LogP contribution in [0.1, 0.15) is 45.6 Å². The average molecular weight is 490 g/mol. The van der Waals surface area contributed by atoms with Crippen molar-refractivity contribution < 1.29 is 9.53 Å². The van der Waals surface area contributed by atoms with Crippen molar-refractivity contribution in [3.05, 3.63) is 29.8 Å². The fourth-order valence-electron chi connectivity index (χ4n) is 2.35. The Bertz CT molecular complexity index is 583. The Labute approximate surface area is 181 Å². The van der Waals surface area contributed by atoms with Crippen molar-refractivity contribution in [2.45, 2.75) is 40.0 Å². The molecule has 154 valence electrons. The number of ether oxygens (including phenoxy) is 1. The van der Waals surface area contributed by atoms with E-state index >= 15 is 0 Å². The van der Waals surface area contributed by atoms with Gasteiger partial charge in [-0.1, -0.05) is 39.8 Å². The van der Waals surface area contributed by atoms with Crippen molar-refractivity contribution in [3.63, 3.8) is 0 Å². The molecule has 1 atom stereocenters. The molecule has 1 amide bonds. The predicted molar refractivity (Wildman–Crippen MR) is 123 cm³/mol. The minimum absolute atomic E-state index is 0. The van der Waals surface area contributed by atoms with Gasteiger partial charge in [0.15, 0.2) is 5.96 Å². The van der Waals surface area contributed by atoms with Gasteiger partial charge in [0.1, 0.15) is 5.75 Å². The number of aliphatic imine (C=N–C) groups is 1. The number of amides is 1. The largest absolute Gasteiger partial charge is 0.497 e. The SMILES string of the molecule is CN=C(NCCNC(=O)C(C)(C)C)NCCC(C)c1ccc(OC)cc1.I. The number of nitrogens with one attached hydrogen (secondary N) is 3. The van der Waals surface area contributed by atoms with Gasteiger partial charge in [-0.25, -0.2) is 0 Å². The van der Waals surface area contributed by atoms with Gasteiger partial charge in [-0.05, 0) is 30.0 Å². The lowest BCUT2D eigenvalue weighted by atomic mass is 9.96. The minimum Gasteiger partial charge on any atom is -0.497 e. The molecule has 1 aromatic rings. The van der Waals surface area contributed by atoms with E-state index in [1.54, 1.807) is 14.2 Å². The van der Waals surface area contributed by atoms with Crippen molar-refractivity contribution in [2.75, 3.05) is 33.8 Å². The Morgan fingerprint density at radius 1 is 1.07 bits per heavy atom. The number of hydrogen-bond acceptors (Lipinski definition) is 3. The Morgan fingerprint density at radius 2 is 1.63 bits per heavy atom. The maximum Gasteiger partial charge on any atom is 0.225 e. The summed E-state index contributed by atoms with van der Waals surface area (Å²) in [6.07, 6.45) is 0.994. The van der Waals surface area contributed by atoms with Gasteiger partial charge in [0.25, 0.3) is 0 Å². The molecule has 0 spiro atoms. The maximum atomic E-state index is 11.8. The van der Waals surface area contributed by atoms with Gasteiger partial charge in [0.05, 0.1) is 7.11 Å². The van der Waals surface area contributed by atoms with Gasteiger partial charge in [-0.15, -0.1) is 24.0 Å². The number of methoxy groups -OCH3 is 1. The molecule has 6 nitrogen and oxygen atoms in total. The molecule has 0 aromatic heterocycles. The van der Waals surface area contributed by atoms with Crippen molar-refractivity contribution in [3.8, 4) is 5.75 Å². The first-order valence-corrected chi connectivity index (χ1v) is 9.14. The summed E-state index contributed by atoms with van der Waals surface area (Å²) in [5, 5.41) is 9.44. The summed E-state index contributed by atoms with van der Waals surface area (Å²) < 4.78 is 5.19. The van der Waals surface area contributed by atoms with Crippen molar-refractivity contribution >= 4 is 35.8 Å². The Balaban J connectivity index is 0.00000676. The number of nitrogens with zero attached hydrogens (tertiary/aromatic N) is 1. The molecule has 0 saturated heterocycles. The Morgan fingerprint density at radius 3 is 2.15 bits per heavy atom. The number of halogens is 1. The van der Waals surface area contributed by atoms with Crippen LogP contribution >= 0.6 is 24.0 Å². The van der Waals surface area contributed by atoms with Crippen molar-refractivity contribution in [2.24, 2.45) is 10.4 Å². The highest BCUT2D eigenvalue weighted by atomic mass is 127. The van der Waals surface area contributed by atoms with Crippen LogP contribution in [0.25, 0.3) is 0 Å². The number of guanidine groups is 1. The summed E-state index contributed by atoms with van der Waals surface area (Å²) in [5.41, 5.74) is 0.929. The summed E-state index contributed by atoms with van der Waals surface area (Å²) in [5.74, 6) is 2.12. The van der Waals surface area contributed by atoms with Crippen LogP contribution in [0.5, 0.6) is 5.75 Å². The topological polar surface area (TPSA) is 74.8 Å². The summed E-state index contributed by atoms with van der Waals surface area (Å²) in [6, 6.07) is 8.19. The van der Waals surface area contributed by atoms with Gasteiger partial charge in [-0.2, -0.15) is 0 Å². The highest BCUT2D eigenvalue weighted by molar-refractivity contribution is 14.0. The van der Waals surface area contributed by atoms with Gasteiger partial charge in [-0.3, -0.25) is 9.79 Å². The first-order chi connectivity index (χ1) is 12.3. The molecule has 1 aromatic carbocycles. The van der Waals surface area contributed by atoms with Crippen LogP contribution in [0.4, 0.5) is 0 Å². The lowest BCUT2D eigenvalue weighted by Gasteiger charge is -2.18. The zero-order valence-corrected chi connectivity index (χ0v) is 19.7. The van der Waals surface area contributed by atoms with Crippen molar-refractivity contribution in [1.29, 1.82) is 0 Å². The number of benzene rings is 1. The summed E-state index contributed by atoms with van der Waals surface area (Å²) in [7, 11) is 3.42. The molecule has 0 radical (unpaired) electrons. The normalized spacial score (nSPS) is 12.6. The zero-order chi connectivity index (χ0) is 19.6. The summed E-state index contributed by atoms with van der Waals surface area (Å²) in [6.45, 7) is 9.94. The Kier molecular flexibility index (Phi) is 12.1. The van der Waals surface area contributed by atoms with Gasteiger partial charge < -0.3 is 20.7 Å². The van der Waals surface area contributed by atoms with E-state index in [9.17, 15) is 4.79 Å². The zero-order valence-electron chi connectivity index (χ0n) is 17.4. The van der Waals surface area contributed by atoms with E-state index in [1.165, 1.54) is 5.56 Å². The highest BCUT2D eigenvalue weighted by Gasteiger charge is 2.20. The molecule has 0 saturated carbocycles. The second-order valence-corrected chi connectivity index (χ2v) is 7.39. The van der Waals surface area contributed by atoms with E-state index in [-0.39, 0.29) is 35.3 Å². The molecule has 27 heavy (non-hydrogen) atoms. The molecule has 7 heteroatoms. The second-order valence-electron chi connectivity index (χ2n) is 7.39. The molecule has 3 N–H and O–H groups in total. The first kappa shape index (κ1) is 25.5. The number of carbonyl (C=O) groups excluding carboxylic acids is 1. The van der Waals surface area contributed by atoms with Crippen LogP contribution in [0, 0.1) is 5.41 Å². The quantitative estimate of drug-likeness (QED) is 0.227. The third kappa shape index (κ3) is 9.83. The summed E-state index contributed by atoms with van der Waals surface area (Å²) in [4.78, 5) is 16.0. The lowest BCUT2D eigenvalue weighted by Crippen LogP contribution is -2.43. The maximum absolute atomic E-state index is 11.8. The molecule has 0 aliphatic rings. The van der Waals surface area contributed by atoms with E-state index in [0.29, 0.717) is 19.0 Å². The fourth-order valence-corrected chi connectivity index (χ4v) is 2.35. The fraction of sp³-hybridized carbons (Fsp3) is 0.600. The van der Waals surface area contributed by atoms with Crippen LogP contribution in [0.2, 0.25) is 0 Å². The first-order valence-electron chi connectivity index (χ1n) is 9.14. The van der Waals surface area contributed by atoms with Gasteiger partial charge in [0.2, 0.25) is 5.91 Å². The van der Waals surface area contributed by atoms with E-state index in [0.717, 1.165) is 24.7 Å². The van der Waals surface area contributed by atoms with E-state index in [4.69, 9.17) is 4.74 Å². The molecule has 1 unspecified atom stereocenters. The van der Waals surface area contributed by atoms with Crippen LogP contribution in [-0.4, -0.2) is 45.7 Å². The van der Waals surface area contributed by atoms with Crippen LogP contribution in [0.3, 0.4) is 0 Å². The third-order valence-electron chi connectivity index (χ3n) is 4.16. The minimum atomic E-state index is -0.364. The predicted octanol–water partition coefficient (Wildman–Crippen LogP) is 3.13. The molecule has 0 bridgehead atoms. The molecule has 0 aliphatic heterocycles. The van der Waals surface area contributed by atoms with E-state index in [1.807, 2.05) is 32.9 Å². The monoisotopic (exact) mass is 490 g/mol.